The van der Waals surface area contributed by atoms with Crippen LogP contribution >= 0.6 is 0 Å². The summed E-state index contributed by atoms with van der Waals surface area (Å²) in [5.74, 6) is -0.863. The molecule has 0 saturated heterocycles. The molecule has 0 aliphatic heterocycles. The molecule has 1 aromatic carbocycles. The third-order valence-electron chi connectivity index (χ3n) is 4.30. The van der Waals surface area contributed by atoms with Crippen molar-refractivity contribution in [1.29, 1.82) is 0 Å². The lowest BCUT2D eigenvalue weighted by molar-refractivity contribution is -0.117. The Morgan fingerprint density at radius 1 is 1.16 bits per heavy atom. The van der Waals surface area contributed by atoms with Crippen molar-refractivity contribution in [1.82, 2.24) is 0 Å². The number of carbonyl (C=O) groups is 1. The van der Waals surface area contributed by atoms with Crippen LogP contribution in [0, 0.1) is 29.4 Å². The van der Waals surface area contributed by atoms with Crippen molar-refractivity contribution >= 4 is 17.3 Å². The van der Waals surface area contributed by atoms with Crippen LogP contribution in [0.3, 0.4) is 0 Å². The van der Waals surface area contributed by atoms with Crippen molar-refractivity contribution < 1.29 is 13.6 Å². The Morgan fingerprint density at radius 3 is 2.42 bits per heavy atom. The van der Waals surface area contributed by atoms with Gasteiger partial charge in [0.05, 0.1) is 11.4 Å². The number of halogens is 2. The number of hydrogen-bond donors (Lipinski definition) is 2. The molecule has 2 aliphatic carbocycles. The molecule has 0 radical (unpaired) electrons. The SMILES string of the molecule is Nc1cc(NC(=O)C2C3CCCCC32)c(F)cc1F. The highest BCUT2D eigenvalue weighted by atomic mass is 19.1. The lowest BCUT2D eigenvalue weighted by atomic mass is 10.0. The Balaban J connectivity index is 1.72. The van der Waals surface area contributed by atoms with Crippen LogP contribution in [-0.4, -0.2) is 5.91 Å². The van der Waals surface area contributed by atoms with Gasteiger partial charge in [-0.2, -0.15) is 0 Å². The second-order valence-corrected chi connectivity index (χ2v) is 5.48. The summed E-state index contributed by atoms with van der Waals surface area (Å²) in [5, 5.41) is 2.54. The molecule has 102 valence electrons. The molecule has 2 atom stereocenters. The fourth-order valence-electron chi connectivity index (χ4n) is 3.26. The summed E-state index contributed by atoms with van der Waals surface area (Å²) in [4.78, 5) is 12.1. The Labute approximate surface area is 110 Å². The monoisotopic (exact) mass is 266 g/mol. The summed E-state index contributed by atoms with van der Waals surface area (Å²) < 4.78 is 26.6. The molecule has 5 heteroatoms. The van der Waals surface area contributed by atoms with E-state index < -0.39 is 11.6 Å². The first kappa shape index (κ1) is 12.4. The van der Waals surface area contributed by atoms with Crippen molar-refractivity contribution in [2.45, 2.75) is 25.7 Å². The zero-order valence-corrected chi connectivity index (χ0v) is 10.5. The Morgan fingerprint density at radius 2 is 1.79 bits per heavy atom. The standard InChI is InChI=1S/C14H16F2N2O/c15-9-5-10(16)12(6-11(9)17)18-14(19)13-7-3-1-2-4-8(7)13/h5-8,13H,1-4,17H2,(H,18,19). The zero-order valence-electron chi connectivity index (χ0n) is 10.5. The molecule has 1 aromatic rings. The van der Waals surface area contributed by atoms with E-state index in [1.807, 2.05) is 0 Å². The average molecular weight is 266 g/mol. The number of nitrogen functional groups attached to an aromatic ring is 1. The van der Waals surface area contributed by atoms with Gasteiger partial charge in [-0.25, -0.2) is 8.78 Å². The van der Waals surface area contributed by atoms with Crippen LogP contribution in [0.15, 0.2) is 12.1 Å². The van der Waals surface area contributed by atoms with Crippen molar-refractivity contribution in [3.8, 4) is 0 Å². The Kier molecular flexibility index (Phi) is 2.92. The predicted molar refractivity (Wildman–Crippen MR) is 68.3 cm³/mol. The summed E-state index contributed by atoms with van der Waals surface area (Å²) in [6.07, 6.45) is 4.50. The molecule has 3 rings (SSSR count). The fourth-order valence-corrected chi connectivity index (χ4v) is 3.26. The van der Waals surface area contributed by atoms with E-state index in [0.717, 1.165) is 18.9 Å². The number of rotatable bonds is 2. The van der Waals surface area contributed by atoms with E-state index in [1.54, 1.807) is 0 Å². The van der Waals surface area contributed by atoms with Crippen LogP contribution in [0.25, 0.3) is 0 Å². The maximum absolute atomic E-state index is 13.5. The lowest BCUT2D eigenvalue weighted by Crippen LogP contribution is -2.16. The lowest BCUT2D eigenvalue weighted by Gasteiger charge is -2.07. The number of amides is 1. The van der Waals surface area contributed by atoms with E-state index in [2.05, 4.69) is 5.32 Å². The van der Waals surface area contributed by atoms with Crippen LogP contribution in [0.2, 0.25) is 0 Å². The van der Waals surface area contributed by atoms with Gasteiger partial charge in [-0.1, -0.05) is 12.8 Å². The van der Waals surface area contributed by atoms with E-state index in [-0.39, 0.29) is 23.2 Å². The second-order valence-electron chi connectivity index (χ2n) is 5.48. The normalized spacial score (nSPS) is 28.6. The molecule has 0 bridgehead atoms. The van der Waals surface area contributed by atoms with E-state index >= 15 is 0 Å². The molecule has 0 spiro atoms. The van der Waals surface area contributed by atoms with Gasteiger partial charge in [0.15, 0.2) is 0 Å². The number of anilines is 2. The smallest absolute Gasteiger partial charge is 0.228 e. The Hall–Kier alpha value is -1.65. The maximum atomic E-state index is 13.5. The maximum Gasteiger partial charge on any atom is 0.228 e. The van der Waals surface area contributed by atoms with Gasteiger partial charge in [-0.15, -0.1) is 0 Å². The molecule has 2 saturated carbocycles. The number of nitrogens with two attached hydrogens (primary N) is 1. The van der Waals surface area contributed by atoms with E-state index in [9.17, 15) is 13.6 Å². The van der Waals surface area contributed by atoms with Gasteiger partial charge in [-0.05, 0) is 30.7 Å². The molecule has 0 heterocycles. The third-order valence-corrected chi connectivity index (χ3v) is 4.30. The average Bonchev–Trinajstić information content (AvgIpc) is 3.10. The zero-order chi connectivity index (χ0) is 13.6. The first-order valence-electron chi connectivity index (χ1n) is 6.63. The van der Waals surface area contributed by atoms with Crippen LogP contribution in [-0.2, 0) is 4.79 Å². The molecule has 2 aliphatic rings. The molecule has 2 fully saturated rings. The molecular formula is C14H16F2N2O. The molecule has 1 amide bonds. The predicted octanol–water partition coefficient (Wildman–Crippen LogP) is 2.92. The van der Waals surface area contributed by atoms with Crippen LogP contribution < -0.4 is 11.1 Å². The molecule has 19 heavy (non-hydrogen) atoms. The quantitative estimate of drug-likeness (QED) is 0.809. The molecule has 0 aromatic heterocycles. The topological polar surface area (TPSA) is 55.1 Å². The van der Waals surface area contributed by atoms with E-state index in [1.165, 1.54) is 12.8 Å². The number of fused-ring (bicyclic) bond motifs is 1. The van der Waals surface area contributed by atoms with Gasteiger partial charge in [0.25, 0.3) is 0 Å². The van der Waals surface area contributed by atoms with Gasteiger partial charge < -0.3 is 11.1 Å². The minimum atomic E-state index is -0.810. The van der Waals surface area contributed by atoms with Gasteiger partial charge in [0.1, 0.15) is 11.6 Å². The van der Waals surface area contributed by atoms with E-state index in [0.29, 0.717) is 17.9 Å². The summed E-state index contributed by atoms with van der Waals surface area (Å²) >= 11 is 0. The number of hydrogen-bond acceptors (Lipinski definition) is 2. The highest BCUT2D eigenvalue weighted by Crippen LogP contribution is 2.55. The Bertz CT molecular complexity index is 520. The number of carbonyl (C=O) groups excluding carboxylic acids is 1. The van der Waals surface area contributed by atoms with E-state index in [4.69, 9.17) is 5.73 Å². The first-order chi connectivity index (χ1) is 9.08. The highest BCUT2D eigenvalue weighted by Gasteiger charge is 2.54. The van der Waals surface area contributed by atoms with Gasteiger partial charge in [0.2, 0.25) is 5.91 Å². The second kappa shape index (κ2) is 4.47. The summed E-state index contributed by atoms with van der Waals surface area (Å²) in [5.41, 5.74) is 5.18. The number of benzene rings is 1. The third kappa shape index (κ3) is 2.17. The van der Waals surface area contributed by atoms with Crippen molar-refractivity contribution in [2.24, 2.45) is 17.8 Å². The van der Waals surface area contributed by atoms with Crippen LogP contribution in [0.5, 0.6) is 0 Å². The van der Waals surface area contributed by atoms with Crippen molar-refractivity contribution in [3.63, 3.8) is 0 Å². The largest absolute Gasteiger partial charge is 0.396 e. The van der Waals surface area contributed by atoms with Crippen LogP contribution in [0.4, 0.5) is 20.2 Å². The molecule has 2 unspecified atom stereocenters. The van der Waals surface area contributed by atoms with Crippen molar-refractivity contribution in [3.05, 3.63) is 23.8 Å². The minimum Gasteiger partial charge on any atom is -0.396 e. The molecule has 3 N–H and O–H groups in total. The first-order valence-corrected chi connectivity index (χ1v) is 6.63. The molecule has 3 nitrogen and oxygen atoms in total. The summed E-state index contributed by atoms with van der Waals surface area (Å²) in [7, 11) is 0. The number of nitrogens with one attached hydrogen (secondary N) is 1. The van der Waals surface area contributed by atoms with Crippen molar-refractivity contribution in [2.75, 3.05) is 11.1 Å². The summed E-state index contributed by atoms with van der Waals surface area (Å²) in [6, 6.07) is 1.83. The van der Waals surface area contributed by atoms with Crippen LogP contribution in [0.1, 0.15) is 25.7 Å². The molecular weight excluding hydrogens is 250 g/mol. The minimum absolute atomic E-state index is 0.00632. The summed E-state index contributed by atoms with van der Waals surface area (Å²) in [6.45, 7) is 0. The van der Waals surface area contributed by atoms with Gasteiger partial charge >= 0.3 is 0 Å². The highest BCUT2D eigenvalue weighted by molar-refractivity contribution is 5.95. The fraction of sp³-hybridized carbons (Fsp3) is 0.500. The van der Waals surface area contributed by atoms with Gasteiger partial charge in [-0.3, -0.25) is 4.79 Å². The van der Waals surface area contributed by atoms with Gasteiger partial charge in [0, 0.05) is 12.0 Å².